The van der Waals surface area contributed by atoms with Gasteiger partial charge in [-0.2, -0.15) is 0 Å². The summed E-state index contributed by atoms with van der Waals surface area (Å²) in [5.41, 5.74) is 4.44. The Morgan fingerprint density at radius 1 is 0.881 bits per heavy atom. The lowest BCUT2D eigenvalue weighted by molar-refractivity contribution is -0.138. The van der Waals surface area contributed by atoms with Crippen molar-refractivity contribution in [1.29, 1.82) is 0 Å². The quantitative estimate of drug-likeness (QED) is 0.464. The molecule has 3 aromatic rings. The molecule has 0 bridgehead atoms. The Morgan fingerprint density at radius 2 is 1.55 bits per heavy atom. The molecule has 1 N–H and O–H groups in total. The van der Waals surface area contributed by atoms with Crippen molar-refractivity contribution in [2.24, 2.45) is 0 Å². The highest BCUT2D eigenvalue weighted by Gasteiger charge is 2.52. The predicted molar refractivity (Wildman–Crippen MR) is 162 cm³/mol. The van der Waals surface area contributed by atoms with Crippen LogP contribution in [0, 0.1) is 6.92 Å². The van der Waals surface area contributed by atoms with Gasteiger partial charge < -0.3 is 15.1 Å². The van der Waals surface area contributed by atoms with E-state index in [2.05, 4.69) is 26.1 Å². The van der Waals surface area contributed by atoms with Gasteiger partial charge in [-0.05, 0) is 47.6 Å². The van der Waals surface area contributed by atoms with Crippen LogP contribution in [0.5, 0.6) is 0 Å². The third-order valence-electron chi connectivity index (χ3n) is 8.40. The van der Waals surface area contributed by atoms with Crippen molar-refractivity contribution in [3.63, 3.8) is 0 Å². The Morgan fingerprint density at radius 3 is 2.19 bits per heavy atom. The van der Waals surface area contributed by atoms with E-state index in [0.717, 1.165) is 22.3 Å². The lowest BCUT2D eigenvalue weighted by atomic mass is 9.86. The molecular weight excluding hydrogens is 526 g/mol. The zero-order chi connectivity index (χ0) is 30.0. The fraction of sp³-hybridized carbons (Fsp3) is 0.371. The minimum absolute atomic E-state index is 0.000105. The number of ketones is 1. The smallest absolute Gasteiger partial charge is 0.251 e. The Kier molecular flexibility index (Phi) is 8.30. The molecule has 0 saturated carbocycles. The molecule has 218 valence electrons. The van der Waals surface area contributed by atoms with Crippen molar-refractivity contribution in [2.75, 3.05) is 13.1 Å². The molecule has 7 heteroatoms. The van der Waals surface area contributed by atoms with Crippen molar-refractivity contribution in [3.05, 3.63) is 107 Å². The molecule has 2 heterocycles. The maximum Gasteiger partial charge on any atom is 0.251 e. The summed E-state index contributed by atoms with van der Waals surface area (Å²) in [4.78, 5) is 57.1. The van der Waals surface area contributed by atoms with E-state index in [9.17, 15) is 19.2 Å². The summed E-state index contributed by atoms with van der Waals surface area (Å²) < 4.78 is 0. The van der Waals surface area contributed by atoms with Crippen LogP contribution in [0.3, 0.4) is 0 Å². The van der Waals surface area contributed by atoms with Crippen LogP contribution in [0.1, 0.15) is 59.8 Å². The molecule has 2 unspecified atom stereocenters. The minimum atomic E-state index is -0.858. The monoisotopic (exact) mass is 565 g/mol. The summed E-state index contributed by atoms with van der Waals surface area (Å²) in [6.07, 6.45) is 1.04. The molecule has 0 spiro atoms. The van der Waals surface area contributed by atoms with E-state index in [1.165, 1.54) is 0 Å². The van der Waals surface area contributed by atoms with Crippen LogP contribution in [0.15, 0.2) is 78.9 Å². The largest absolute Gasteiger partial charge is 0.340 e. The van der Waals surface area contributed by atoms with Gasteiger partial charge in [-0.1, -0.05) is 93.1 Å². The molecule has 3 aromatic carbocycles. The zero-order valence-corrected chi connectivity index (χ0v) is 24.8. The normalized spacial score (nSPS) is 19.0. The van der Waals surface area contributed by atoms with Crippen molar-refractivity contribution >= 4 is 23.5 Å². The van der Waals surface area contributed by atoms with Gasteiger partial charge in [0.25, 0.3) is 5.91 Å². The molecule has 2 fully saturated rings. The summed E-state index contributed by atoms with van der Waals surface area (Å²) in [6, 6.07) is 22.9. The minimum Gasteiger partial charge on any atom is -0.340 e. The van der Waals surface area contributed by atoms with Gasteiger partial charge in [0, 0.05) is 18.5 Å². The fourth-order valence-electron chi connectivity index (χ4n) is 5.99. The van der Waals surface area contributed by atoms with Crippen molar-refractivity contribution in [3.8, 4) is 0 Å². The number of likely N-dealkylation sites (tertiary alicyclic amines) is 2. The number of benzene rings is 3. The number of hydrogen-bond acceptors (Lipinski definition) is 4. The molecule has 7 nitrogen and oxygen atoms in total. The summed E-state index contributed by atoms with van der Waals surface area (Å²) >= 11 is 0. The highest BCUT2D eigenvalue weighted by molar-refractivity contribution is 6.01. The van der Waals surface area contributed by atoms with Crippen molar-refractivity contribution in [1.82, 2.24) is 15.1 Å². The number of Topliss-reactive ketones (excluding diaryl/α,β-unsaturated/α-hetero) is 1. The summed E-state index contributed by atoms with van der Waals surface area (Å²) in [7, 11) is 0. The van der Waals surface area contributed by atoms with Crippen LogP contribution in [-0.4, -0.2) is 64.5 Å². The Labute approximate surface area is 247 Å². The summed E-state index contributed by atoms with van der Waals surface area (Å²) in [5, 5.41) is 2.97. The predicted octanol–water partition coefficient (Wildman–Crippen LogP) is 4.26. The van der Waals surface area contributed by atoms with E-state index < -0.39 is 12.1 Å². The van der Waals surface area contributed by atoms with Gasteiger partial charge in [-0.25, -0.2) is 0 Å². The first kappa shape index (κ1) is 29.2. The highest BCUT2D eigenvalue weighted by atomic mass is 16.2. The molecule has 0 radical (unpaired) electrons. The number of hydrogen-bond donors (Lipinski definition) is 1. The van der Waals surface area contributed by atoms with Gasteiger partial charge in [0.2, 0.25) is 11.8 Å². The van der Waals surface area contributed by atoms with Gasteiger partial charge in [-0.3, -0.25) is 19.2 Å². The maximum absolute atomic E-state index is 14.1. The molecule has 2 aliphatic rings. The summed E-state index contributed by atoms with van der Waals surface area (Å²) in [5.74, 6) is -0.882. The van der Waals surface area contributed by atoms with Crippen molar-refractivity contribution < 1.29 is 19.2 Å². The number of aryl methyl sites for hydroxylation is 1. The second-order valence-corrected chi connectivity index (χ2v) is 12.5. The number of carbonyl (C=O) groups is 4. The van der Waals surface area contributed by atoms with Gasteiger partial charge >= 0.3 is 0 Å². The Hall–Kier alpha value is -4.26. The van der Waals surface area contributed by atoms with Gasteiger partial charge in [0.15, 0.2) is 5.78 Å². The number of carbonyl (C=O) groups excluding carboxylic acids is 4. The van der Waals surface area contributed by atoms with Crippen LogP contribution < -0.4 is 5.32 Å². The van der Waals surface area contributed by atoms with Crippen LogP contribution in [0.25, 0.3) is 0 Å². The second kappa shape index (κ2) is 11.9. The molecule has 2 saturated heterocycles. The number of fused-ring (bicyclic) bond motifs is 1. The van der Waals surface area contributed by atoms with Crippen LogP contribution >= 0.6 is 0 Å². The van der Waals surface area contributed by atoms with Crippen LogP contribution in [-0.2, 0) is 32.6 Å². The molecule has 0 aliphatic carbocycles. The Bertz CT molecular complexity index is 1460. The number of nitrogens with zero attached hydrogens (tertiary/aromatic N) is 2. The van der Waals surface area contributed by atoms with E-state index in [1.807, 2.05) is 73.7 Å². The third-order valence-corrected chi connectivity index (χ3v) is 8.40. The maximum atomic E-state index is 14.1. The van der Waals surface area contributed by atoms with E-state index in [1.54, 1.807) is 21.9 Å². The first-order valence-corrected chi connectivity index (χ1v) is 14.6. The van der Waals surface area contributed by atoms with Gasteiger partial charge in [0.05, 0.1) is 19.0 Å². The molecule has 5 rings (SSSR count). The lowest BCUT2D eigenvalue weighted by Crippen LogP contribution is -2.53. The van der Waals surface area contributed by atoms with Crippen LogP contribution in [0.2, 0.25) is 0 Å². The first-order valence-electron chi connectivity index (χ1n) is 14.6. The van der Waals surface area contributed by atoms with E-state index in [-0.39, 0.29) is 47.9 Å². The topological polar surface area (TPSA) is 86.8 Å². The zero-order valence-electron chi connectivity index (χ0n) is 24.8. The summed E-state index contributed by atoms with van der Waals surface area (Å²) in [6.45, 7) is 8.69. The standard InChI is InChI=1S/C35H39N3O4/c1-23-10-12-25(13-11-23)20-28(36-33(41)26-14-16-27(17-15-26)35(2,3)4)34(42)37-19-18-29-32(37)30(39)22-38(29)31(40)21-24-8-6-5-7-9-24/h5-17,28-29,32H,18-22H2,1-4H3,(H,36,41)/t28-,29?,32?/m0/s1. The lowest BCUT2D eigenvalue weighted by Gasteiger charge is -2.28. The second-order valence-electron chi connectivity index (χ2n) is 12.5. The first-order chi connectivity index (χ1) is 20.0. The molecule has 2 aliphatic heterocycles. The number of amides is 3. The Balaban J connectivity index is 1.34. The number of nitrogens with one attached hydrogen (secondary N) is 1. The molecule has 0 aromatic heterocycles. The number of rotatable bonds is 7. The van der Waals surface area contributed by atoms with Gasteiger partial charge in [0.1, 0.15) is 12.1 Å². The van der Waals surface area contributed by atoms with Crippen LogP contribution in [0.4, 0.5) is 0 Å². The average Bonchev–Trinajstić information content (AvgIpc) is 3.55. The third kappa shape index (κ3) is 6.30. The van der Waals surface area contributed by atoms with E-state index in [4.69, 9.17) is 0 Å². The molecular formula is C35H39N3O4. The molecule has 3 atom stereocenters. The SMILES string of the molecule is Cc1ccc(C[C@H](NC(=O)c2ccc(C(C)(C)C)cc2)C(=O)N2CCC3C2C(=O)CN3C(=O)Cc2ccccc2)cc1. The van der Waals surface area contributed by atoms with Gasteiger partial charge in [-0.15, -0.1) is 0 Å². The molecule has 42 heavy (non-hydrogen) atoms. The fourth-order valence-corrected chi connectivity index (χ4v) is 5.99. The van der Waals surface area contributed by atoms with E-state index in [0.29, 0.717) is 24.9 Å². The molecule has 3 amide bonds. The van der Waals surface area contributed by atoms with E-state index >= 15 is 0 Å². The highest BCUT2D eigenvalue weighted by Crippen LogP contribution is 2.31. The average molecular weight is 566 g/mol. The van der Waals surface area contributed by atoms with Crippen molar-refractivity contribution in [2.45, 2.75) is 70.5 Å².